The van der Waals surface area contributed by atoms with Gasteiger partial charge in [0.25, 0.3) is 0 Å². The molecule has 0 radical (unpaired) electrons. The minimum Gasteiger partial charge on any atom is -0.465 e. The fourth-order valence-corrected chi connectivity index (χ4v) is 1.56. The number of ether oxygens (including phenoxy) is 2. The van der Waals surface area contributed by atoms with Crippen molar-refractivity contribution in [2.75, 3.05) is 32.7 Å². The normalized spacial score (nSPS) is 9.81. The van der Waals surface area contributed by atoms with Crippen LogP contribution in [-0.2, 0) is 19.1 Å². The van der Waals surface area contributed by atoms with Crippen LogP contribution >= 0.6 is 0 Å². The third kappa shape index (κ3) is 5.23. The molecule has 2 N–H and O–H groups in total. The molecule has 0 unspecified atom stereocenters. The maximum Gasteiger partial charge on any atom is 0.339 e. The van der Waals surface area contributed by atoms with Gasteiger partial charge in [-0.2, -0.15) is 0 Å². The molecule has 0 atom stereocenters. The van der Waals surface area contributed by atoms with Crippen molar-refractivity contribution in [2.45, 2.75) is 6.42 Å². The van der Waals surface area contributed by atoms with Crippen molar-refractivity contribution in [1.29, 1.82) is 0 Å². The summed E-state index contributed by atoms with van der Waals surface area (Å²) in [5, 5.41) is 4.84. The fraction of sp³-hybridized carbons (Fsp3) is 0.357. The summed E-state index contributed by atoms with van der Waals surface area (Å²) in [7, 11) is 2.79. The summed E-state index contributed by atoms with van der Waals surface area (Å²) in [6.07, 6.45) is 0.605. The van der Waals surface area contributed by atoms with E-state index in [0.29, 0.717) is 19.6 Å². The van der Waals surface area contributed by atoms with E-state index in [1.165, 1.54) is 19.2 Å². The average molecular weight is 294 g/mol. The lowest BCUT2D eigenvalue weighted by atomic mass is 10.2. The van der Waals surface area contributed by atoms with Gasteiger partial charge >= 0.3 is 17.8 Å². The average Bonchev–Trinajstić information content (AvgIpc) is 2.51. The van der Waals surface area contributed by atoms with Crippen molar-refractivity contribution < 1.29 is 23.9 Å². The molecule has 1 aromatic carbocycles. The lowest BCUT2D eigenvalue weighted by molar-refractivity contribution is -0.136. The van der Waals surface area contributed by atoms with Crippen LogP contribution in [0.1, 0.15) is 16.8 Å². The largest absolute Gasteiger partial charge is 0.465 e. The molecule has 0 bridgehead atoms. The van der Waals surface area contributed by atoms with Gasteiger partial charge in [0.1, 0.15) is 0 Å². The fourth-order valence-electron chi connectivity index (χ4n) is 1.56. The molecule has 0 heterocycles. The van der Waals surface area contributed by atoms with Crippen LogP contribution < -0.4 is 10.6 Å². The van der Waals surface area contributed by atoms with Gasteiger partial charge in [-0.3, -0.25) is 9.59 Å². The topological polar surface area (TPSA) is 93.7 Å². The van der Waals surface area contributed by atoms with Gasteiger partial charge < -0.3 is 20.1 Å². The predicted molar refractivity (Wildman–Crippen MR) is 75.9 cm³/mol. The Morgan fingerprint density at radius 1 is 1.10 bits per heavy atom. The minimum atomic E-state index is -0.844. The molecule has 0 aliphatic carbocycles. The summed E-state index contributed by atoms with van der Waals surface area (Å²) < 4.78 is 9.44. The quantitative estimate of drug-likeness (QED) is 0.454. The number of hydrogen-bond donors (Lipinski definition) is 2. The van der Waals surface area contributed by atoms with E-state index in [2.05, 4.69) is 15.4 Å². The molecular weight excluding hydrogens is 276 g/mol. The Morgan fingerprint density at radius 3 is 2.48 bits per heavy atom. The molecule has 1 aromatic rings. The number of para-hydroxylation sites is 1. The van der Waals surface area contributed by atoms with Crippen LogP contribution in [0, 0.1) is 0 Å². The van der Waals surface area contributed by atoms with Gasteiger partial charge in [-0.05, 0) is 18.6 Å². The molecular formula is C14H18N2O5. The zero-order valence-electron chi connectivity index (χ0n) is 12.0. The van der Waals surface area contributed by atoms with E-state index in [0.717, 1.165) is 0 Å². The molecule has 7 heteroatoms. The van der Waals surface area contributed by atoms with Crippen LogP contribution in [0.4, 0.5) is 5.69 Å². The lowest BCUT2D eigenvalue weighted by Crippen LogP contribution is -2.36. The second-order valence-electron chi connectivity index (χ2n) is 4.09. The van der Waals surface area contributed by atoms with Gasteiger partial charge in [-0.15, -0.1) is 0 Å². The summed E-state index contributed by atoms with van der Waals surface area (Å²) in [5.74, 6) is -2.21. The third-order valence-corrected chi connectivity index (χ3v) is 2.60. The Labute approximate surface area is 122 Å². The molecule has 0 saturated heterocycles. The number of amides is 2. The third-order valence-electron chi connectivity index (χ3n) is 2.60. The van der Waals surface area contributed by atoms with Crippen LogP contribution in [0.3, 0.4) is 0 Å². The molecule has 2 amide bonds. The molecule has 0 aliphatic heterocycles. The monoisotopic (exact) mass is 294 g/mol. The first kappa shape index (κ1) is 16.6. The number of benzene rings is 1. The molecule has 1 rings (SSSR count). The Bertz CT molecular complexity index is 516. The highest BCUT2D eigenvalue weighted by atomic mass is 16.5. The van der Waals surface area contributed by atoms with Crippen molar-refractivity contribution >= 4 is 23.5 Å². The summed E-state index contributed by atoms with van der Waals surface area (Å²) in [4.78, 5) is 34.9. The van der Waals surface area contributed by atoms with Gasteiger partial charge in [0.2, 0.25) is 0 Å². The van der Waals surface area contributed by atoms with Crippen LogP contribution in [0.25, 0.3) is 0 Å². The summed E-state index contributed by atoms with van der Waals surface area (Å²) in [5.41, 5.74) is 0.405. The molecule has 21 heavy (non-hydrogen) atoms. The Morgan fingerprint density at radius 2 is 1.81 bits per heavy atom. The summed E-state index contributed by atoms with van der Waals surface area (Å²) in [6.45, 7) is 0.825. The number of methoxy groups -OCH3 is 2. The van der Waals surface area contributed by atoms with E-state index in [1.54, 1.807) is 19.2 Å². The number of rotatable bonds is 6. The Hall–Kier alpha value is -2.41. The van der Waals surface area contributed by atoms with Crippen molar-refractivity contribution in [3.8, 4) is 0 Å². The lowest BCUT2D eigenvalue weighted by Gasteiger charge is -2.09. The highest BCUT2D eigenvalue weighted by Gasteiger charge is 2.17. The zero-order valence-corrected chi connectivity index (χ0v) is 12.0. The molecule has 0 fully saturated rings. The van der Waals surface area contributed by atoms with Crippen molar-refractivity contribution in [3.63, 3.8) is 0 Å². The first-order valence-corrected chi connectivity index (χ1v) is 6.35. The molecule has 7 nitrogen and oxygen atoms in total. The van der Waals surface area contributed by atoms with E-state index in [9.17, 15) is 14.4 Å². The molecule has 0 aromatic heterocycles. The van der Waals surface area contributed by atoms with E-state index in [-0.39, 0.29) is 11.3 Å². The first-order chi connectivity index (χ1) is 10.1. The van der Waals surface area contributed by atoms with Gasteiger partial charge in [-0.25, -0.2) is 4.79 Å². The van der Waals surface area contributed by atoms with Crippen LogP contribution in [0.2, 0.25) is 0 Å². The Balaban J connectivity index is 2.62. The summed E-state index contributed by atoms with van der Waals surface area (Å²) in [6, 6.07) is 6.28. The number of carbonyl (C=O) groups is 3. The number of hydrogen-bond acceptors (Lipinski definition) is 5. The summed E-state index contributed by atoms with van der Waals surface area (Å²) >= 11 is 0. The molecule has 114 valence electrons. The van der Waals surface area contributed by atoms with Gasteiger partial charge in [0.05, 0.1) is 18.4 Å². The molecule has 0 aliphatic rings. The second-order valence-corrected chi connectivity index (χ2v) is 4.09. The van der Waals surface area contributed by atoms with Crippen LogP contribution in [0.15, 0.2) is 24.3 Å². The zero-order chi connectivity index (χ0) is 15.7. The van der Waals surface area contributed by atoms with Crippen LogP contribution in [-0.4, -0.2) is 45.2 Å². The van der Waals surface area contributed by atoms with Crippen LogP contribution in [0.5, 0.6) is 0 Å². The van der Waals surface area contributed by atoms with Crippen molar-refractivity contribution in [2.24, 2.45) is 0 Å². The maximum absolute atomic E-state index is 11.7. The maximum atomic E-state index is 11.7. The number of carbonyl (C=O) groups excluding carboxylic acids is 3. The van der Waals surface area contributed by atoms with Crippen molar-refractivity contribution in [1.82, 2.24) is 5.32 Å². The SMILES string of the molecule is COCCCNC(=O)C(=O)Nc1ccccc1C(=O)OC. The standard InChI is InChI=1S/C14H18N2O5/c1-20-9-5-8-15-12(17)13(18)16-11-7-4-3-6-10(11)14(19)21-2/h3-4,6-7H,5,8-9H2,1-2H3,(H,15,17)(H,16,18). The number of anilines is 1. The van der Waals surface area contributed by atoms with Gasteiger partial charge in [0, 0.05) is 20.3 Å². The molecule has 0 spiro atoms. The Kier molecular flexibility index (Phi) is 6.90. The van der Waals surface area contributed by atoms with Gasteiger partial charge in [0.15, 0.2) is 0 Å². The van der Waals surface area contributed by atoms with Crippen molar-refractivity contribution in [3.05, 3.63) is 29.8 Å². The predicted octanol–water partition coefficient (Wildman–Crippen LogP) is 0.564. The first-order valence-electron chi connectivity index (χ1n) is 6.35. The van der Waals surface area contributed by atoms with E-state index < -0.39 is 17.8 Å². The number of esters is 1. The van der Waals surface area contributed by atoms with E-state index >= 15 is 0 Å². The van der Waals surface area contributed by atoms with E-state index in [1.807, 2.05) is 0 Å². The second kappa shape index (κ2) is 8.70. The smallest absolute Gasteiger partial charge is 0.339 e. The minimum absolute atomic E-state index is 0.181. The van der Waals surface area contributed by atoms with Gasteiger partial charge in [-0.1, -0.05) is 12.1 Å². The number of nitrogens with one attached hydrogen (secondary N) is 2. The highest BCUT2D eigenvalue weighted by molar-refractivity contribution is 6.40. The van der Waals surface area contributed by atoms with E-state index in [4.69, 9.17) is 4.74 Å². The molecule has 0 saturated carbocycles. The highest BCUT2D eigenvalue weighted by Crippen LogP contribution is 2.15.